The molecule has 1 atom stereocenters. The Bertz CT molecular complexity index is 1180. The summed E-state index contributed by atoms with van der Waals surface area (Å²) in [6, 6.07) is 14.1. The standard InChI is InChI=1S/C25H28ClN5O2S/c1-5-14-31-23(22(16(2)3)28-24(33)18-11-7-8-12-19(18)26)29-30-25(31)34-15-21(32)27-20-13-9-6-10-17(20)4/h5-13,16,22H,1,14-15H2,2-4H3,(H,27,32)(H,28,33)/t22-/m0/s1. The Morgan fingerprint density at radius 1 is 1.15 bits per heavy atom. The fourth-order valence-corrected chi connectivity index (χ4v) is 4.34. The van der Waals surface area contributed by atoms with Crippen molar-refractivity contribution >= 4 is 40.9 Å². The number of benzene rings is 2. The summed E-state index contributed by atoms with van der Waals surface area (Å²) in [7, 11) is 0. The van der Waals surface area contributed by atoms with Crippen molar-refractivity contribution in [2.75, 3.05) is 11.1 Å². The second-order valence-corrected chi connectivity index (χ2v) is 9.42. The minimum absolute atomic E-state index is 0.0291. The van der Waals surface area contributed by atoms with Crippen molar-refractivity contribution in [2.24, 2.45) is 5.92 Å². The van der Waals surface area contributed by atoms with Crippen molar-refractivity contribution in [3.8, 4) is 0 Å². The van der Waals surface area contributed by atoms with E-state index < -0.39 is 6.04 Å². The van der Waals surface area contributed by atoms with Crippen LogP contribution in [0.2, 0.25) is 5.02 Å². The van der Waals surface area contributed by atoms with E-state index in [1.54, 1.807) is 30.3 Å². The minimum Gasteiger partial charge on any atom is -0.342 e. The molecule has 34 heavy (non-hydrogen) atoms. The Kier molecular flexibility index (Phi) is 8.90. The predicted molar refractivity (Wildman–Crippen MR) is 137 cm³/mol. The van der Waals surface area contributed by atoms with Gasteiger partial charge in [0.1, 0.15) is 0 Å². The van der Waals surface area contributed by atoms with Crippen LogP contribution in [0.3, 0.4) is 0 Å². The molecule has 2 N–H and O–H groups in total. The molecule has 178 valence electrons. The molecule has 0 fully saturated rings. The van der Waals surface area contributed by atoms with Crippen molar-refractivity contribution in [3.05, 3.63) is 83.2 Å². The molecule has 9 heteroatoms. The zero-order valence-electron chi connectivity index (χ0n) is 19.4. The van der Waals surface area contributed by atoms with Crippen LogP contribution in [0.4, 0.5) is 5.69 Å². The first-order valence-electron chi connectivity index (χ1n) is 10.9. The molecule has 1 heterocycles. The number of allylic oxidation sites excluding steroid dienone is 1. The number of hydrogen-bond donors (Lipinski definition) is 2. The molecule has 0 bridgehead atoms. The number of nitrogens with zero attached hydrogens (tertiary/aromatic N) is 3. The van der Waals surface area contributed by atoms with E-state index in [4.69, 9.17) is 11.6 Å². The Morgan fingerprint density at radius 3 is 2.53 bits per heavy atom. The number of nitrogens with one attached hydrogen (secondary N) is 2. The average molecular weight is 498 g/mol. The van der Waals surface area contributed by atoms with Gasteiger partial charge in [-0.25, -0.2) is 0 Å². The van der Waals surface area contributed by atoms with E-state index in [1.807, 2.05) is 49.6 Å². The van der Waals surface area contributed by atoms with Gasteiger partial charge in [0, 0.05) is 12.2 Å². The molecule has 0 aliphatic carbocycles. The highest BCUT2D eigenvalue weighted by molar-refractivity contribution is 7.99. The van der Waals surface area contributed by atoms with Gasteiger partial charge in [-0.2, -0.15) is 0 Å². The van der Waals surface area contributed by atoms with E-state index in [9.17, 15) is 9.59 Å². The summed E-state index contributed by atoms with van der Waals surface area (Å²) in [4.78, 5) is 25.4. The minimum atomic E-state index is -0.411. The summed E-state index contributed by atoms with van der Waals surface area (Å²) in [6.45, 7) is 10.2. The fourth-order valence-electron chi connectivity index (χ4n) is 3.36. The molecule has 3 aromatic rings. The average Bonchev–Trinajstić information content (AvgIpc) is 3.20. The summed E-state index contributed by atoms with van der Waals surface area (Å²) in [5, 5.41) is 15.6. The quantitative estimate of drug-likeness (QED) is 0.293. The van der Waals surface area contributed by atoms with Gasteiger partial charge < -0.3 is 15.2 Å². The lowest BCUT2D eigenvalue weighted by atomic mass is 10.0. The Balaban J connectivity index is 1.77. The van der Waals surface area contributed by atoms with E-state index in [1.165, 1.54) is 11.8 Å². The number of carbonyl (C=O) groups excluding carboxylic acids is 2. The third-order valence-electron chi connectivity index (χ3n) is 5.16. The Labute approximate surface area is 209 Å². The predicted octanol–water partition coefficient (Wildman–Crippen LogP) is 5.28. The van der Waals surface area contributed by atoms with Crippen LogP contribution in [-0.2, 0) is 11.3 Å². The van der Waals surface area contributed by atoms with Gasteiger partial charge in [-0.05, 0) is 36.6 Å². The number of thioether (sulfide) groups is 1. The van der Waals surface area contributed by atoms with Crippen LogP contribution >= 0.6 is 23.4 Å². The van der Waals surface area contributed by atoms with Crippen molar-refractivity contribution in [3.63, 3.8) is 0 Å². The second-order valence-electron chi connectivity index (χ2n) is 8.07. The lowest BCUT2D eigenvalue weighted by molar-refractivity contribution is -0.113. The second kappa shape index (κ2) is 11.9. The number of amides is 2. The summed E-state index contributed by atoms with van der Waals surface area (Å²) < 4.78 is 1.87. The topological polar surface area (TPSA) is 88.9 Å². The lowest BCUT2D eigenvalue weighted by Gasteiger charge is -2.23. The fraction of sp³-hybridized carbons (Fsp3) is 0.280. The van der Waals surface area contributed by atoms with Gasteiger partial charge in [-0.15, -0.1) is 16.8 Å². The molecule has 0 saturated heterocycles. The summed E-state index contributed by atoms with van der Waals surface area (Å²) in [5.41, 5.74) is 2.17. The number of aryl methyl sites for hydroxylation is 1. The molecular formula is C25H28ClN5O2S. The van der Waals surface area contributed by atoms with Gasteiger partial charge in [-0.1, -0.05) is 73.6 Å². The van der Waals surface area contributed by atoms with Gasteiger partial charge >= 0.3 is 0 Å². The number of hydrogen-bond acceptors (Lipinski definition) is 5. The van der Waals surface area contributed by atoms with E-state index in [0.717, 1.165) is 11.3 Å². The first kappa shape index (κ1) is 25.5. The highest BCUT2D eigenvalue weighted by Gasteiger charge is 2.27. The Morgan fingerprint density at radius 2 is 1.85 bits per heavy atom. The normalized spacial score (nSPS) is 11.8. The maximum Gasteiger partial charge on any atom is 0.253 e. The summed E-state index contributed by atoms with van der Waals surface area (Å²) in [6.07, 6.45) is 1.73. The lowest BCUT2D eigenvalue weighted by Crippen LogP contribution is -2.34. The van der Waals surface area contributed by atoms with Gasteiger partial charge in [0.05, 0.1) is 22.4 Å². The number of carbonyl (C=O) groups is 2. The van der Waals surface area contributed by atoms with E-state index in [-0.39, 0.29) is 23.5 Å². The molecule has 0 unspecified atom stereocenters. The van der Waals surface area contributed by atoms with E-state index >= 15 is 0 Å². The third kappa shape index (κ3) is 6.27. The van der Waals surface area contributed by atoms with Crippen molar-refractivity contribution < 1.29 is 9.59 Å². The van der Waals surface area contributed by atoms with Crippen LogP contribution in [0.25, 0.3) is 0 Å². The molecule has 0 aliphatic heterocycles. The van der Waals surface area contributed by atoms with Crippen LogP contribution in [0.15, 0.2) is 66.3 Å². The van der Waals surface area contributed by atoms with E-state index in [2.05, 4.69) is 27.4 Å². The van der Waals surface area contributed by atoms with Crippen molar-refractivity contribution in [1.29, 1.82) is 0 Å². The number of rotatable bonds is 10. The van der Waals surface area contributed by atoms with Gasteiger partial charge in [0.25, 0.3) is 5.91 Å². The zero-order valence-corrected chi connectivity index (χ0v) is 21.0. The van der Waals surface area contributed by atoms with Crippen LogP contribution < -0.4 is 10.6 Å². The van der Waals surface area contributed by atoms with Crippen LogP contribution in [-0.4, -0.2) is 32.3 Å². The van der Waals surface area contributed by atoms with Crippen molar-refractivity contribution in [2.45, 2.75) is 38.5 Å². The van der Waals surface area contributed by atoms with Gasteiger partial charge in [0.2, 0.25) is 5.91 Å². The van der Waals surface area contributed by atoms with Crippen LogP contribution in [0.5, 0.6) is 0 Å². The highest BCUT2D eigenvalue weighted by Crippen LogP contribution is 2.26. The summed E-state index contributed by atoms with van der Waals surface area (Å²) in [5.74, 6) is 0.367. The first-order valence-corrected chi connectivity index (χ1v) is 12.3. The molecule has 0 spiro atoms. The number of anilines is 1. The molecule has 0 aliphatic rings. The molecule has 7 nitrogen and oxygen atoms in total. The highest BCUT2D eigenvalue weighted by atomic mass is 35.5. The first-order chi connectivity index (χ1) is 16.3. The maximum absolute atomic E-state index is 12.9. The smallest absolute Gasteiger partial charge is 0.253 e. The van der Waals surface area contributed by atoms with E-state index in [0.29, 0.717) is 28.1 Å². The SMILES string of the molecule is C=CCn1c(SCC(=O)Nc2ccccc2C)nnc1[C@@H](NC(=O)c1ccccc1Cl)C(C)C. The number of aromatic nitrogens is 3. The zero-order chi connectivity index (χ0) is 24.7. The number of para-hydroxylation sites is 1. The third-order valence-corrected chi connectivity index (χ3v) is 6.45. The number of halogens is 1. The molecule has 2 amide bonds. The molecular weight excluding hydrogens is 470 g/mol. The monoisotopic (exact) mass is 497 g/mol. The van der Waals surface area contributed by atoms with Gasteiger partial charge in [0.15, 0.2) is 11.0 Å². The molecule has 0 saturated carbocycles. The molecule has 3 rings (SSSR count). The van der Waals surface area contributed by atoms with Crippen molar-refractivity contribution in [1.82, 2.24) is 20.1 Å². The Hall–Kier alpha value is -3.10. The van der Waals surface area contributed by atoms with Crippen LogP contribution in [0, 0.1) is 12.8 Å². The largest absolute Gasteiger partial charge is 0.342 e. The van der Waals surface area contributed by atoms with Crippen LogP contribution in [0.1, 0.15) is 41.6 Å². The van der Waals surface area contributed by atoms with Gasteiger partial charge in [-0.3, -0.25) is 9.59 Å². The molecule has 0 radical (unpaired) electrons. The maximum atomic E-state index is 12.9. The molecule has 1 aromatic heterocycles. The summed E-state index contributed by atoms with van der Waals surface area (Å²) >= 11 is 7.49. The molecule has 2 aromatic carbocycles.